The van der Waals surface area contributed by atoms with Crippen LogP contribution in [0.5, 0.6) is 0 Å². The highest BCUT2D eigenvalue weighted by atomic mass is 16.6. The van der Waals surface area contributed by atoms with Gasteiger partial charge in [-0.3, -0.25) is 0 Å². The molecule has 0 aromatic heterocycles. The van der Waals surface area contributed by atoms with Crippen LogP contribution in [0.3, 0.4) is 0 Å². The molecule has 1 aliphatic rings. The van der Waals surface area contributed by atoms with Gasteiger partial charge in [0, 0.05) is 13.0 Å². The van der Waals surface area contributed by atoms with Crippen molar-refractivity contribution < 1.29 is 9.47 Å². The van der Waals surface area contributed by atoms with Crippen LogP contribution in [0.4, 0.5) is 0 Å². The number of hydrogen-bond donors (Lipinski definition) is 0. The van der Waals surface area contributed by atoms with E-state index in [1.807, 2.05) is 13.0 Å². The van der Waals surface area contributed by atoms with E-state index < -0.39 is 0 Å². The van der Waals surface area contributed by atoms with Crippen LogP contribution >= 0.6 is 0 Å². The van der Waals surface area contributed by atoms with Gasteiger partial charge in [0.15, 0.2) is 0 Å². The van der Waals surface area contributed by atoms with Gasteiger partial charge < -0.3 is 9.47 Å². The first-order valence-electron chi connectivity index (χ1n) is 5.58. The van der Waals surface area contributed by atoms with E-state index in [0.29, 0.717) is 0 Å². The smallest absolute Gasteiger partial charge is 0.119 e. The molecule has 2 rings (SSSR count). The molecule has 2 heteroatoms. The first-order valence-corrected chi connectivity index (χ1v) is 5.58. The minimum absolute atomic E-state index is 0.0597. The Labute approximate surface area is 91.2 Å². The summed E-state index contributed by atoms with van der Waals surface area (Å²) >= 11 is 0. The van der Waals surface area contributed by atoms with Gasteiger partial charge in [0.2, 0.25) is 0 Å². The van der Waals surface area contributed by atoms with Gasteiger partial charge >= 0.3 is 0 Å². The lowest BCUT2D eigenvalue weighted by molar-refractivity contribution is 0.0501. The quantitative estimate of drug-likeness (QED) is 0.691. The molecular formula is C13H18O2. The van der Waals surface area contributed by atoms with E-state index in [0.717, 1.165) is 19.6 Å². The van der Waals surface area contributed by atoms with E-state index in [2.05, 4.69) is 31.2 Å². The highest BCUT2D eigenvalue weighted by Gasteiger charge is 2.47. The number of benzene rings is 1. The molecule has 0 saturated carbocycles. The third-order valence-corrected chi connectivity index (χ3v) is 2.86. The maximum absolute atomic E-state index is 5.62. The first-order chi connectivity index (χ1) is 7.27. The lowest BCUT2D eigenvalue weighted by Gasteiger charge is -2.17. The van der Waals surface area contributed by atoms with Crippen LogP contribution in [0.1, 0.15) is 25.8 Å². The summed E-state index contributed by atoms with van der Waals surface area (Å²) in [7, 11) is 0. The molecule has 15 heavy (non-hydrogen) atoms. The fraction of sp³-hybridized carbons (Fsp3) is 0.538. The first kappa shape index (κ1) is 10.7. The Morgan fingerprint density at radius 1 is 1.40 bits per heavy atom. The minimum Gasteiger partial charge on any atom is -0.379 e. The minimum atomic E-state index is -0.0597. The van der Waals surface area contributed by atoms with Crippen molar-refractivity contribution in [3.8, 4) is 0 Å². The average Bonchev–Trinajstić information content (AvgIpc) is 3.01. The topological polar surface area (TPSA) is 21.8 Å². The largest absolute Gasteiger partial charge is 0.379 e. The van der Waals surface area contributed by atoms with E-state index in [4.69, 9.17) is 9.47 Å². The number of hydrogen-bond acceptors (Lipinski definition) is 2. The average molecular weight is 206 g/mol. The van der Waals surface area contributed by atoms with Crippen molar-refractivity contribution in [3.63, 3.8) is 0 Å². The zero-order valence-electron chi connectivity index (χ0n) is 9.40. The predicted octanol–water partition coefficient (Wildman–Crippen LogP) is 2.73. The fourth-order valence-electron chi connectivity index (χ4n) is 2.04. The molecule has 1 aliphatic heterocycles. The van der Waals surface area contributed by atoms with Crippen molar-refractivity contribution in [3.05, 3.63) is 35.9 Å². The van der Waals surface area contributed by atoms with Crippen molar-refractivity contribution >= 4 is 0 Å². The molecule has 1 fully saturated rings. The van der Waals surface area contributed by atoms with E-state index in [-0.39, 0.29) is 11.7 Å². The van der Waals surface area contributed by atoms with Crippen molar-refractivity contribution in [2.75, 3.05) is 13.2 Å². The van der Waals surface area contributed by atoms with Crippen LogP contribution < -0.4 is 0 Å². The Morgan fingerprint density at radius 2 is 2.07 bits per heavy atom. The molecule has 1 saturated heterocycles. The third-order valence-electron chi connectivity index (χ3n) is 2.86. The molecule has 0 spiro atoms. The molecule has 2 atom stereocenters. The molecule has 2 nitrogen and oxygen atoms in total. The number of rotatable bonds is 5. The summed E-state index contributed by atoms with van der Waals surface area (Å²) in [5.74, 6) is 0. The molecule has 0 N–H and O–H groups in total. The summed E-state index contributed by atoms with van der Waals surface area (Å²) in [6, 6.07) is 10.4. The molecular weight excluding hydrogens is 188 g/mol. The second-order valence-electron chi connectivity index (χ2n) is 4.12. The van der Waals surface area contributed by atoms with Gasteiger partial charge in [0.05, 0.1) is 12.7 Å². The van der Waals surface area contributed by atoms with Gasteiger partial charge in [-0.2, -0.15) is 0 Å². The zero-order valence-corrected chi connectivity index (χ0v) is 9.40. The summed E-state index contributed by atoms with van der Waals surface area (Å²) in [5, 5.41) is 0. The van der Waals surface area contributed by atoms with Crippen LogP contribution in [0.15, 0.2) is 30.3 Å². The third kappa shape index (κ3) is 2.39. The molecule has 1 heterocycles. The Bertz CT molecular complexity index is 304. The zero-order chi connectivity index (χ0) is 10.7. The van der Waals surface area contributed by atoms with Gasteiger partial charge in [0.25, 0.3) is 0 Å². The summed E-state index contributed by atoms with van der Waals surface area (Å²) in [6.45, 7) is 5.73. The van der Waals surface area contributed by atoms with Crippen LogP contribution in [0.2, 0.25) is 0 Å². The van der Waals surface area contributed by atoms with Crippen LogP contribution in [0, 0.1) is 0 Å². The highest BCUT2D eigenvalue weighted by Crippen LogP contribution is 2.43. The number of ether oxygens (including phenoxy) is 2. The molecule has 82 valence electrons. The number of epoxide rings is 1. The maximum atomic E-state index is 5.62. The van der Waals surface area contributed by atoms with E-state index in [9.17, 15) is 0 Å². The summed E-state index contributed by atoms with van der Waals surface area (Å²) in [4.78, 5) is 0. The Kier molecular flexibility index (Phi) is 3.08. The Balaban J connectivity index is 2.02. The standard InChI is InChI=1S/C13H18O2/c1-3-14-11(2)9-13(10-15-13)12-7-5-4-6-8-12/h4-8,11H,3,9-10H2,1-2H3. The molecule has 0 bridgehead atoms. The molecule has 2 unspecified atom stereocenters. The molecule has 1 aromatic carbocycles. The lowest BCUT2D eigenvalue weighted by atomic mass is 9.94. The monoisotopic (exact) mass is 206 g/mol. The van der Waals surface area contributed by atoms with Gasteiger partial charge in [-0.05, 0) is 19.4 Å². The summed E-state index contributed by atoms with van der Waals surface area (Å²) < 4.78 is 11.2. The normalized spacial score (nSPS) is 26.3. The lowest BCUT2D eigenvalue weighted by Crippen LogP contribution is -2.19. The second-order valence-corrected chi connectivity index (χ2v) is 4.12. The van der Waals surface area contributed by atoms with Crippen molar-refractivity contribution in [2.24, 2.45) is 0 Å². The molecule has 1 aromatic rings. The fourth-order valence-corrected chi connectivity index (χ4v) is 2.04. The van der Waals surface area contributed by atoms with Crippen LogP contribution in [-0.2, 0) is 15.1 Å². The van der Waals surface area contributed by atoms with E-state index in [1.54, 1.807) is 0 Å². The van der Waals surface area contributed by atoms with Gasteiger partial charge in [-0.15, -0.1) is 0 Å². The maximum Gasteiger partial charge on any atom is 0.119 e. The highest BCUT2D eigenvalue weighted by molar-refractivity contribution is 5.26. The van der Waals surface area contributed by atoms with Gasteiger partial charge in [-0.1, -0.05) is 30.3 Å². The van der Waals surface area contributed by atoms with E-state index >= 15 is 0 Å². The van der Waals surface area contributed by atoms with Crippen LogP contribution in [0.25, 0.3) is 0 Å². The van der Waals surface area contributed by atoms with Crippen molar-refractivity contribution in [2.45, 2.75) is 32.0 Å². The Hall–Kier alpha value is -0.860. The molecule has 0 aliphatic carbocycles. The van der Waals surface area contributed by atoms with E-state index in [1.165, 1.54) is 5.56 Å². The van der Waals surface area contributed by atoms with Gasteiger partial charge in [-0.25, -0.2) is 0 Å². The SMILES string of the molecule is CCOC(C)CC1(c2ccccc2)CO1. The summed E-state index contributed by atoms with van der Waals surface area (Å²) in [6.07, 6.45) is 1.21. The van der Waals surface area contributed by atoms with Crippen LogP contribution in [-0.4, -0.2) is 19.3 Å². The van der Waals surface area contributed by atoms with Crippen molar-refractivity contribution in [1.82, 2.24) is 0 Å². The molecule has 0 radical (unpaired) electrons. The Morgan fingerprint density at radius 3 is 2.60 bits per heavy atom. The van der Waals surface area contributed by atoms with Crippen molar-refractivity contribution in [1.29, 1.82) is 0 Å². The second kappa shape index (κ2) is 4.33. The predicted molar refractivity (Wildman–Crippen MR) is 59.8 cm³/mol. The van der Waals surface area contributed by atoms with Gasteiger partial charge in [0.1, 0.15) is 5.60 Å². The molecule has 0 amide bonds. The summed E-state index contributed by atoms with van der Waals surface area (Å²) in [5.41, 5.74) is 1.21.